The molecule has 6 N–H and O–H groups in total. The van der Waals surface area contributed by atoms with E-state index in [1.807, 2.05) is 0 Å². The van der Waals surface area contributed by atoms with Crippen LogP contribution in [0.25, 0.3) is 0 Å². The number of phenols is 1. The average molecular weight is 818 g/mol. The van der Waals surface area contributed by atoms with Crippen LogP contribution in [0.2, 0.25) is 5.02 Å². The summed E-state index contributed by atoms with van der Waals surface area (Å²) >= 11 is 6.05. The first kappa shape index (κ1) is 36.0. The molecule has 1 heterocycles. The van der Waals surface area contributed by atoms with Crippen molar-refractivity contribution in [1.82, 2.24) is 15.1 Å². The van der Waals surface area contributed by atoms with Gasteiger partial charge in [0.2, 0.25) is 0 Å². The van der Waals surface area contributed by atoms with Crippen molar-refractivity contribution in [1.29, 1.82) is 5.41 Å². The monoisotopic (exact) mass is 817 g/mol. The smallest absolute Gasteiger partial charge is 0.390 e. The molecule has 14 heteroatoms. The van der Waals surface area contributed by atoms with Crippen LogP contribution in [0.3, 0.4) is 0 Å². The van der Waals surface area contributed by atoms with E-state index in [-0.39, 0.29) is 80.9 Å². The zero-order valence-corrected chi connectivity index (χ0v) is 26.1. The van der Waals surface area contributed by atoms with Gasteiger partial charge in [0, 0.05) is 72.7 Å². The molecule has 0 unspecified atom stereocenters. The van der Waals surface area contributed by atoms with Gasteiger partial charge in [0.1, 0.15) is 11.6 Å². The van der Waals surface area contributed by atoms with Crippen molar-refractivity contribution >= 4 is 34.9 Å². The Balaban J connectivity index is 0.00000420. The van der Waals surface area contributed by atoms with Crippen LogP contribution in [-0.2, 0) is 0 Å². The van der Waals surface area contributed by atoms with Gasteiger partial charge >= 0.3 is 12.2 Å². The summed E-state index contributed by atoms with van der Waals surface area (Å²) in [6.07, 6.45) is -5.89. The Hall–Kier alpha value is -2.98. The number of aliphatic imine (C=N–C) groups is 1. The van der Waals surface area contributed by atoms with Gasteiger partial charge in [-0.15, -0.1) is 5.70 Å². The van der Waals surface area contributed by atoms with Gasteiger partial charge in [-0.05, 0) is 42.5 Å². The predicted molar refractivity (Wildman–Crippen MR) is 149 cm³/mol. The van der Waals surface area contributed by atoms with E-state index in [2.05, 4.69) is 10.3 Å². The zero-order chi connectivity index (χ0) is 28.7. The second kappa shape index (κ2) is 15.9. The number of aromatic hydroxyl groups is 1. The first-order chi connectivity index (χ1) is 18.4. The van der Waals surface area contributed by atoms with Crippen LogP contribution in [0.4, 0.5) is 23.7 Å². The first-order valence-electron chi connectivity index (χ1n) is 11.7. The van der Waals surface area contributed by atoms with Gasteiger partial charge in [0.15, 0.2) is 0 Å². The van der Waals surface area contributed by atoms with Gasteiger partial charge in [0.05, 0.1) is 30.9 Å². The third kappa shape index (κ3) is 10.4. The molecule has 1 aliphatic heterocycles. The standard InChI is InChI=1S/C26H27ClF3N6O3.CH4.U/c1-16(15-37)35-13-21(23(14-35)34-19-4-2-3-18(27)11-19)22(31)12-33-25(39)36(10-9-26(28,29)30)24(32)17-5-7-20(38)8-6-17;;/h1-8,11,32,37-38H,9-10,12-15,31H2,(H,33,39);1H4;/q-1;;/b22-21-,32-24?,34-23?;;. The number of phenolic OH excluding ortho intramolecular Hbond substituents is 1. The summed E-state index contributed by atoms with van der Waals surface area (Å²) in [5, 5.41) is 30.2. The van der Waals surface area contributed by atoms with Crippen molar-refractivity contribution in [2.24, 2.45) is 10.7 Å². The van der Waals surface area contributed by atoms with E-state index in [0.29, 0.717) is 26.9 Å². The van der Waals surface area contributed by atoms with Crippen molar-refractivity contribution in [3.63, 3.8) is 0 Å². The van der Waals surface area contributed by atoms with Crippen LogP contribution in [0, 0.1) is 43.1 Å². The molecule has 0 bridgehead atoms. The normalized spacial score (nSPS) is 15.0. The Morgan fingerprint density at radius 1 is 1.22 bits per heavy atom. The largest absolute Gasteiger partial charge is 0.508 e. The third-order valence-electron chi connectivity index (χ3n) is 5.77. The molecule has 41 heavy (non-hydrogen) atoms. The maximum atomic E-state index is 13.0. The number of rotatable bonds is 8. The zero-order valence-electron chi connectivity index (χ0n) is 21.2. The second-order valence-corrected chi connectivity index (χ2v) is 9.06. The molecule has 0 aliphatic carbocycles. The number of nitrogens with one attached hydrogen (secondary N) is 2. The summed E-state index contributed by atoms with van der Waals surface area (Å²) in [7, 11) is 0. The summed E-state index contributed by atoms with van der Waals surface area (Å²) < 4.78 is 38.8. The Morgan fingerprint density at radius 3 is 2.46 bits per heavy atom. The maximum Gasteiger partial charge on any atom is 0.390 e. The summed E-state index contributed by atoms with van der Waals surface area (Å²) in [6.45, 7) is 4.82. The molecule has 220 valence electrons. The van der Waals surface area contributed by atoms with Crippen LogP contribution < -0.4 is 11.1 Å². The molecule has 2 aromatic carbocycles. The fraction of sp³-hybridized carbons (Fsp3) is 0.296. The molecule has 0 atom stereocenters. The number of nitrogens with two attached hydrogens (primary N) is 1. The molecule has 0 radical (unpaired) electrons. The summed E-state index contributed by atoms with van der Waals surface area (Å²) in [4.78, 5) is 19.8. The van der Waals surface area contributed by atoms with E-state index >= 15 is 0 Å². The summed E-state index contributed by atoms with van der Waals surface area (Å²) in [5.41, 5.74) is 8.34. The molecule has 1 fully saturated rings. The predicted octanol–water partition coefficient (Wildman–Crippen LogP) is 4.58. The fourth-order valence-electron chi connectivity index (χ4n) is 3.71. The molecule has 0 spiro atoms. The van der Waals surface area contributed by atoms with Gasteiger partial charge in [0.25, 0.3) is 0 Å². The molecule has 3 rings (SSSR count). The van der Waals surface area contributed by atoms with E-state index in [0.717, 1.165) is 0 Å². The number of aliphatic hydroxyl groups excluding tert-OH is 1. The number of hydrogen-bond acceptors (Lipinski definition) is 7. The van der Waals surface area contributed by atoms with Crippen LogP contribution in [0.1, 0.15) is 19.4 Å². The number of hydrogen-bond donors (Lipinski definition) is 5. The molecule has 1 saturated heterocycles. The van der Waals surface area contributed by atoms with Crippen LogP contribution in [0.15, 0.2) is 70.5 Å². The fourth-order valence-corrected chi connectivity index (χ4v) is 3.89. The number of urea groups is 1. The van der Waals surface area contributed by atoms with Gasteiger partial charge in [-0.3, -0.25) is 15.3 Å². The number of halogens is 4. The maximum absolute atomic E-state index is 13.0. The van der Waals surface area contributed by atoms with E-state index in [9.17, 15) is 28.2 Å². The minimum Gasteiger partial charge on any atom is -0.508 e. The third-order valence-corrected chi connectivity index (χ3v) is 6.01. The number of carbonyl (C=O) groups excluding carboxylic acids is 1. The Bertz CT molecular complexity index is 1300. The molecule has 9 nitrogen and oxygen atoms in total. The number of alkyl halides is 3. The minimum absolute atomic E-state index is 0. The van der Waals surface area contributed by atoms with Crippen molar-refractivity contribution in [2.75, 3.05) is 32.8 Å². The number of aliphatic hydroxyl groups is 1. The number of benzene rings is 2. The molecular formula is C27H31ClF3N6O3U-. The topological polar surface area (TPSA) is 138 Å². The molecule has 2 aromatic rings. The second-order valence-electron chi connectivity index (χ2n) is 8.62. The van der Waals surface area contributed by atoms with E-state index in [1.54, 1.807) is 29.2 Å². The van der Waals surface area contributed by atoms with E-state index in [4.69, 9.17) is 29.3 Å². The SMILES string of the molecule is C.[CH-]=C(CO)N1CC(=Nc2cccc(Cl)c2)/C(=C(\N)CNC(=O)N(CCC(F)(F)F)C(=N)c2ccc(O)cc2)C1.[U]. The van der Waals surface area contributed by atoms with Gasteiger partial charge < -0.3 is 32.7 Å². The average Bonchev–Trinajstić information content (AvgIpc) is 3.30. The van der Waals surface area contributed by atoms with E-state index in [1.165, 1.54) is 24.3 Å². The number of likely N-dealkylation sites (tertiary alicyclic amines) is 1. The number of amidine groups is 1. The van der Waals surface area contributed by atoms with Crippen molar-refractivity contribution in [3.8, 4) is 5.75 Å². The Kier molecular flexibility index (Phi) is 14.0. The Labute approximate surface area is 265 Å². The minimum atomic E-state index is -4.56. The quantitative estimate of drug-likeness (QED) is 0.151. The Morgan fingerprint density at radius 2 is 1.88 bits per heavy atom. The number of carbonyl (C=O) groups is 1. The van der Waals surface area contributed by atoms with E-state index < -0.39 is 37.6 Å². The van der Waals surface area contributed by atoms with Gasteiger partial charge in [-0.2, -0.15) is 13.2 Å². The molecule has 0 aromatic heterocycles. The van der Waals surface area contributed by atoms with Crippen LogP contribution >= 0.6 is 11.6 Å². The van der Waals surface area contributed by atoms with Gasteiger partial charge in [-0.1, -0.05) is 25.1 Å². The van der Waals surface area contributed by atoms with Crippen molar-refractivity contribution in [2.45, 2.75) is 20.0 Å². The number of nitrogens with zero attached hydrogens (tertiary/aromatic N) is 3. The molecular weight excluding hydrogens is 787 g/mol. The molecule has 1 aliphatic rings. The van der Waals surface area contributed by atoms with Crippen LogP contribution in [-0.4, -0.2) is 76.6 Å². The van der Waals surface area contributed by atoms with Crippen LogP contribution in [0.5, 0.6) is 5.75 Å². The van der Waals surface area contributed by atoms with Crippen molar-refractivity contribution < 1.29 is 59.3 Å². The van der Waals surface area contributed by atoms with Crippen molar-refractivity contribution in [3.05, 3.63) is 82.7 Å². The number of amides is 2. The molecule has 2 amide bonds. The molecule has 0 saturated carbocycles. The summed E-state index contributed by atoms with van der Waals surface area (Å²) in [6, 6.07) is 10.9. The first-order valence-corrected chi connectivity index (χ1v) is 12.0. The summed E-state index contributed by atoms with van der Waals surface area (Å²) in [5.74, 6) is -0.583. The van der Waals surface area contributed by atoms with Gasteiger partial charge in [-0.25, -0.2) is 4.79 Å².